The first-order chi connectivity index (χ1) is 22.1. The normalized spacial score (nSPS) is 19.9. The average molecular weight is 658 g/mol. The first-order valence-electron chi connectivity index (χ1n) is 15.8. The third-order valence-corrected chi connectivity index (χ3v) is 8.45. The van der Waals surface area contributed by atoms with Crippen LogP contribution in [0, 0.1) is 18.3 Å². The zero-order valence-corrected chi connectivity index (χ0v) is 27.6. The monoisotopic (exact) mass is 657 g/mol. The third-order valence-electron chi connectivity index (χ3n) is 8.21. The minimum atomic E-state index is -0.985. The number of carbonyl (C=O) groups is 4. The minimum absolute atomic E-state index is 0.114. The predicted octanol–water partition coefficient (Wildman–Crippen LogP) is 3.86. The largest absolute Gasteiger partial charge is 0.493 e. The van der Waals surface area contributed by atoms with Crippen molar-refractivity contribution in [2.45, 2.75) is 52.4 Å². The molecule has 11 nitrogen and oxygen atoms in total. The molecular weight excluding hydrogens is 614 g/mol. The van der Waals surface area contributed by atoms with Crippen molar-refractivity contribution in [1.82, 2.24) is 15.5 Å². The summed E-state index contributed by atoms with van der Waals surface area (Å²) in [4.78, 5) is 54.2. The van der Waals surface area contributed by atoms with Crippen LogP contribution in [0.2, 0.25) is 5.02 Å². The van der Waals surface area contributed by atoms with Crippen LogP contribution in [0.15, 0.2) is 36.4 Å². The molecule has 1 aliphatic heterocycles. The summed E-state index contributed by atoms with van der Waals surface area (Å²) in [6, 6.07) is 10.5. The van der Waals surface area contributed by atoms with Crippen LogP contribution < -0.4 is 24.8 Å². The Kier molecular flexibility index (Phi) is 12.5. The summed E-state index contributed by atoms with van der Waals surface area (Å²) in [5, 5.41) is 6.36. The van der Waals surface area contributed by atoms with Gasteiger partial charge in [0.15, 0.2) is 24.7 Å². The van der Waals surface area contributed by atoms with Gasteiger partial charge < -0.3 is 34.5 Å². The van der Waals surface area contributed by atoms with Crippen LogP contribution in [-0.2, 0) is 30.3 Å². The highest BCUT2D eigenvalue weighted by molar-refractivity contribution is 6.30. The molecule has 0 radical (unpaired) electrons. The topological polar surface area (TPSA) is 133 Å². The maximum absolute atomic E-state index is 13.5. The lowest BCUT2D eigenvalue weighted by Crippen LogP contribution is -2.46. The number of nitrogens with zero attached hydrogens (tertiary/aromatic N) is 1. The number of fused-ring (bicyclic) bond motifs is 2. The lowest BCUT2D eigenvalue weighted by atomic mass is 9.76. The molecule has 1 fully saturated rings. The van der Waals surface area contributed by atoms with E-state index in [-0.39, 0.29) is 76.1 Å². The van der Waals surface area contributed by atoms with Crippen molar-refractivity contribution in [3.05, 3.63) is 52.5 Å². The summed E-state index contributed by atoms with van der Waals surface area (Å²) < 4.78 is 22.7. The van der Waals surface area contributed by atoms with E-state index in [1.54, 1.807) is 42.2 Å². The number of halogens is 1. The van der Waals surface area contributed by atoms with Crippen LogP contribution in [0.4, 0.5) is 0 Å². The average Bonchev–Trinajstić information content (AvgIpc) is 3.85. The highest BCUT2D eigenvalue weighted by Crippen LogP contribution is 2.43. The predicted molar refractivity (Wildman–Crippen MR) is 172 cm³/mol. The number of rotatable bonds is 8. The van der Waals surface area contributed by atoms with Crippen LogP contribution in [0.5, 0.6) is 17.2 Å². The van der Waals surface area contributed by atoms with Gasteiger partial charge in [-0.15, -0.1) is 0 Å². The zero-order valence-electron chi connectivity index (χ0n) is 26.8. The maximum Gasteiger partial charge on any atom is 0.314 e. The van der Waals surface area contributed by atoms with Gasteiger partial charge in [-0.25, -0.2) is 0 Å². The fraction of sp³-hybridized carbons (Fsp3) is 0.529. The van der Waals surface area contributed by atoms with Gasteiger partial charge in [-0.2, -0.15) is 0 Å². The summed E-state index contributed by atoms with van der Waals surface area (Å²) in [7, 11) is 1.51. The maximum atomic E-state index is 13.5. The number of methoxy groups -OCH3 is 1. The van der Waals surface area contributed by atoms with Crippen LogP contribution in [0.25, 0.3) is 0 Å². The number of amides is 3. The van der Waals surface area contributed by atoms with Gasteiger partial charge in [-0.1, -0.05) is 30.5 Å². The number of carbonyl (C=O) groups excluding carboxylic acids is 4. The van der Waals surface area contributed by atoms with Crippen molar-refractivity contribution in [1.29, 1.82) is 0 Å². The Morgan fingerprint density at radius 3 is 2.57 bits per heavy atom. The Balaban J connectivity index is 1.53. The fourth-order valence-electron chi connectivity index (χ4n) is 5.61. The standard InChI is InChI=1S/C34H44ClN3O8/c1-4-44-33(42)34(18-24-7-8-24)19-25-9-11-28(43-3)29(17-25)45-20-31(40)36-13-15-38(14-5-6-30(39)37-22-34)32(41)21-46-27-12-10-26(35)16-23(27)2/h9-12,16-17,24H,4-8,13-15,18-22H2,1-3H3,(H,36,40)(H,37,39). The molecule has 2 N–H and O–H groups in total. The molecule has 0 spiro atoms. The van der Waals surface area contributed by atoms with E-state index < -0.39 is 5.41 Å². The zero-order chi connectivity index (χ0) is 33.1. The van der Waals surface area contributed by atoms with Gasteiger partial charge in [0, 0.05) is 37.6 Å². The lowest BCUT2D eigenvalue weighted by molar-refractivity contribution is -0.156. The SMILES string of the molecule is CCOC(=O)C1(CC2CC2)CNC(=O)CCCN(C(=O)COc2ccc(Cl)cc2C)CCNC(=O)COc2cc(ccc2OC)C1. The van der Waals surface area contributed by atoms with Crippen molar-refractivity contribution in [3.63, 3.8) is 0 Å². The molecule has 12 heteroatoms. The second kappa shape index (κ2) is 16.5. The van der Waals surface area contributed by atoms with Gasteiger partial charge in [-0.05, 0) is 80.5 Å². The molecule has 2 bridgehead atoms. The van der Waals surface area contributed by atoms with Crippen molar-refractivity contribution in [3.8, 4) is 17.2 Å². The molecule has 2 aromatic carbocycles. The van der Waals surface area contributed by atoms with Gasteiger partial charge in [0.25, 0.3) is 11.8 Å². The van der Waals surface area contributed by atoms with Crippen molar-refractivity contribution < 1.29 is 38.1 Å². The number of nitrogens with one attached hydrogen (secondary N) is 2. The van der Waals surface area contributed by atoms with E-state index in [0.717, 1.165) is 24.0 Å². The van der Waals surface area contributed by atoms with Gasteiger partial charge in [0.05, 0.1) is 19.1 Å². The van der Waals surface area contributed by atoms with Gasteiger partial charge in [0.1, 0.15) is 5.75 Å². The Morgan fingerprint density at radius 1 is 1.07 bits per heavy atom. The number of esters is 1. The number of hydrogen-bond acceptors (Lipinski definition) is 8. The molecule has 1 aliphatic carbocycles. The van der Waals surface area contributed by atoms with E-state index >= 15 is 0 Å². The summed E-state index contributed by atoms with van der Waals surface area (Å²) in [6.07, 6.45) is 3.46. The Labute approximate surface area is 275 Å². The molecule has 4 rings (SSSR count). The second-order valence-corrected chi connectivity index (χ2v) is 12.3. The van der Waals surface area contributed by atoms with Crippen LogP contribution in [-0.4, -0.2) is 81.7 Å². The molecule has 1 atom stereocenters. The van der Waals surface area contributed by atoms with Crippen molar-refractivity contribution >= 4 is 35.3 Å². The van der Waals surface area contributed by atoms with E-state index in [4.69, 9.17) is 30.5 Å². The highest BCUT2D eigenvalue weighted by atomic mass is 35.5. The number of hydrogen-bond donors (Lipinski definition) is 2. The second-order valence-electron chi connectivity index (χ2n) is 11.9. The van der Waals surface area contributed by atoms with E-state index in [1.807, 2.05) is 13.0 Å². The number of aryl methyl sites for hydroxylation is 1. The Hall–Kier alpha value is -3.99. The van der Waals surface area contributed by atoms with E-state index in [1.165, 1.54) is 7.11 Å². The van der Waals surface area contributed by atoms with E-state index in [9.17, 15) is 19.2 Å². The van der Waals surface area contributed by atoms with Crippen molar-refractivity contribution in [2.75, 3.05) is 53.1 Å². The number of benzene rings is 2. The Morgan fingerprint density at radius 2 is 1.85 bits per heavy atom. The smallest absolute Gasteiger partial charge is 0.314 e. The lowest BCUT2D eigenvalue weighted by Gasteiger charge is -2.32. The summed E-state index contributed by atoms with van der Waals surface area (Å²) in [5.41, 5.74) is 0.609. The van der Waals surface area contributed by atoms with Crippen LogP contribution in [0.3, 0.4) is 0 Å². The first-order valence-corrected chi connectivity index (χ1v) is 16.2. The molecule has 250 valence electrons. The molecule has 2 aliphatic rings. The first kappa shape index (κ1) is 34.9. The summed E-state index contributed by atoms with van der Waals surface area (Å²) >= 11 is 6.04. The fourth-order valence-corrected chi connectivity index (χ4v) is 5.83. The molecule has 1 unspecified atom stereocenters. The van der Waals surface area contributed by atoms with Gasteiger partial charge >= 0.3 is 5.97 Å². The molecule has 1 saturated carbocycles. The molecule has 46 heavy (non-hydrogen) atoms. The van der Waals surface area contributed by atoms with E-state index in [0.29, 0.717) is 47.5 Å². The minimum Gasteiger partial charge on any atom is -0.493 e. The molecule has 3 amide bonds. The Bertz CT molecular complexity index is 1400. The van der Waals surface area contributed by atoms with Gasteiger partial charge in [-0.3, -0.25) is 19.2 Å². The molecule has 1 heterocycles. The quantitative estimate of drug-likeness (QED) is 0.409. The highest BCUT2D eigenvalue weighted by Gasteiger charge is 2.44. The number of ether oxygens (including phenoxy) is 4. The van der Waals surface area contributed by atoms with Crippen LogP contribution >= 0.6 is 11.6 Å². The molecule has 0 saturated heterocycles. The summed E-state index contributed by atoms with van der Waals surface area (Å²) in [5.74, 6) is 0.465. The van der Waals surface area contributed by atoms with Gasteiger partial charge in [0.2, 0.25) is 5.91 Å². The van der Waals surface area contributed by atoms with Crippen LogP contribution in [0.1, 0.15) is 50.2 Å². The van der Waals surface area contributed by atoms with E-state index in [2.05, 4.69) is 10.6 Å². The molecule has 2 aromatic rings. The molecular formula is C34H44ClN3O8. The summed E-state index contributed by atoms with van der Waals surface area (Å²) in [6.45, 7) is 4.11. The molecule has 0 aromatic heterocycles. The van der Waals surface area contributed by atoms with Crippen molar-refractivity contribution in [2.24, 2.45) is 11.3 Å². The third kappa shape index (κ3) is 10.0.